The monoisotopic (exact) mass is 329 g/mol. The van der Waals surface area contributed by atoms with Crippen LogP contribution in [-0.2, 0) is 0 Å². The van der Waals surface area contributed by atoms with Crippen LogP contribution in [0.1, 0.15) is 24.5 Å². The van der Waals surface area contributed by atoms with Gasteiger partial charge in [0.15, 0.2) is 0 Å². The maximum Gasteiger partial charge on any atom is 0.115 e. The third kappa shape index (κ3) is 2.92. The summed E-state index contributed by atoms with van der Waals surface area (Å²) in [5, 5.41) is 10.6. The lowest BCUT2D eigenvalue weighted by Crippen LogP contribution is -1.99. The predicted octanol–water partition coefficient (Wildman–Crippen LogP) is 6.16. The van der Waals surface area contributed by atoms with Crippen LogP contribution < -0.4 is 0 Å². The van der Waals surface area contributed by atoms with Crippen molar-refractivity contribution in [1.82, 2.24) is 0 Å². The van der Waals surface area contributed by atoms with E-state index in [2.05, 4.69) is 19.4 Å². The molecular weight excluding hydrogens is 315 g/mol. The largest absolute Gasteiger partial charge is 0.508 e. The quantitative estimate of drug-likeness (QED) is 0.699. The molecule has 0 atom stereocenters. The Kier molecular flexibility index (Phi) is 4.28. The number of aromatic hydroxyl groups is 1. The van der Waals surface area contributed by atoms with Crippen molar-refractivity contribution < 1.29 is 5.11 Å². The van der Waals surface area contributed by atoms with Crippen molar-refractivity contribution in [2.24, 2.45) is 0 Å². The van der Waals surface area contributed by atoms with Gasteiger partial charge >= 0.3 is 0 Å². The van der Waals surface area contributed by atoms with Crippen molar-refractivity contribution >= 4 is 34.3 Å². The van der Waals surface area contributed by atoms with Gasteiger partial charge in [-0.15, -0.1) is 0 Å². The van der Waals surface area contributed by atoms with Crippen LogP contribution in [0.5, 0.6) is 5.75 Å². The van der Waals surface area contributed by atoms with Crippen LogP contribution in [0, 0.1) is 6.42 Å². The lowest BCUT2D eigenvalue weighted by molar-refractivity contribution is 0.475. The van der Waals surface area contributed by atoms with E-state index < -0.39 is 0 Å². The average Bonchev–Trinajstić information content (AvgIpc) is 2.51. The Morgan fingerprint density at radius 2 is 1.59 bits per heavy atom. The molecule has 0 saturated heterocycles. The highest BCUT2D eigenvalue weighted by Gasteiger charge is 2.16. The van der Waals surface area contributed by atoms with E-state index in [4.69, 9.17) is 23.2 Å². The lowest BCUT2D eigenvalue weighted by Gasteiger charge is -2.20. The molecule has 0 fully saturated rings. The van der Waals surface area contributed by atoms with Gasteiger partial charge in [-0.3, -0.25) is 0 Å². The van der Waals surface area contributed by atoms with E-state index in [1.54, 1.807) is 12.1 Å². The van der Waals surface area contributed by atoms with Crippen molar-refractivity contribution in [3.63, 3.8) is 0 Å². The van der Waals surface area contributed by atoms with E-state index >= 15 is 0 Å². The second kappa shape index (κ2) is 6.20. The van der Waals surface area contributed by atoms with Crippen molar-refractivity contribution in [2.75, 3.05) is 0 Å². The second-order valence-electron chi connectivity index (χ2n) is 5.27. The Labute approximate surface area is 140 Å². The number of hydrogen-bond donors (Lipinski definition) is 1. The van der Waals surface area contributed by atoms with Gasteiger partial charge in [0.2, 0.25) is 0 Å². The zero-order chi connectivity index (χ0) is 15.7. The topological polar surface area (TPSA) is 20.2 Å². The summed E-state index contributed by atoms with van der Waals surface area (Å²) in [6.45, 7) is 2.10. The molecule has 0 amide bonds. The molecule has 0 saturated carbocycles. The number of allylic oxidation sites excluding steroid dienone is 4. The highest BCUT2D eigenvalue weighted by Crippen LogP contribution is 2.38. The number of benzene rings is 2. The summed E-state index contributed by atoms with van der Waals surface area (Å²) in [5.41, 5.74) is 5.71. The molecule has 0 aliphatic heterocycles. The molecule has 3 rings (SSSR count). The van der Waals surface area contributed by atoms with Gasteiger partial charge in [0.25, 0.3) is 0 Å². The average molecular weight is 330 g/mol. The van der Waals surface area contributed by atoms with Crippen molar-refractivity contribution in [3.05, 3.63) is 81.7 Å². The summed E-state index contributed by atoms with van der Waals surface area (Å²) in [7, 11) is 0. The van der Waals surface area contributed by atoms with Gasteiger partial charge in [0, 0.05) is 0 Å². The summed E-state index contributed by atoms with van der Waals surface area (Å²) in [5.74, 6) is 0.276. The van der Waals surface area contributed by atoms with Crippen LogP contribution >= 0.6 is 23.2 Å². The maximum atomic E-state index is 9.44. The first-order valence-corrected chi connectivity index (χ1v) is 7.81. The summed E-state index contributed by atoms with van der Waals surface area (Å²) in [4.78, 5) is 0. The SMILES string of the molecule is CC1=C(c2ccc(O)cc2)[CH]CC=C1c1ccc(Cl)c(Cl)c1. The zero-order valence-electron chi connectivity index (χ0n) is 12.1. The fourth-order valence-electron chi connectivity index (χ4n) is 2.72. The molecule has 1 aliphatic rings. The van der Waals surface area contributed by atoms with Crippen molar-refractivity contribution in [1.29, 1.82) is 0 Å². The van der Waals surface area contributed by atoms with E-state index in [1.807, 2.05) is 30.3 Å². The summed E-state index contributed by atoms with van der Waals surface area (Å²) < 4.78 is 0. The minimum absolute atomic E-state index is 0.276. The molecule has 0 bridgehead atoms. The van der Waals surface area contributed by atoms with E-state index in [0.29, 0.717) is 10.0 Å². The number of phenols is 1. The smallest absolute Gasteiger partial charge is 0.115 e. The summed E-state index contributed by atoms with van der Waals surface area (Å²) >= 11 is 12.1. The van der Waals surface area contributed by atoms with Crippen LogP contribution in [0.25, 0.3) is 11.1 Å². The molecule has 22 heavy (non-hydrogen) atoms. The van der Waals surface area contributed by atoms with E-state index in [-0.39, 0.29) is 5.75 Å². The summed E-state index contributed by atoms with van der Waals surface area (Å²) in [6.07, 6.45) is 5.25. The van der Waals surface area contributed by atoms with Crippen LogP contribution in [0.4, 0.5) is 0 Å². The van der Waals surface area contributed by atoms with Gasteiger partial charge in [-0.05, 0) is 71.9 Å². The first-order valence-electron chi connectivity index (χ1n) is 7.05. The van der Waals surface area contributed by atoms with Crippen LogP contribution in [-0.4, -0.2) is 5.11 Å². The number of rotatable bonds is 2. The Hall–Kier alpha value is -1.70. The Bertz CT molecular complexity index is 771. The van der Waals surface area contributed by atoms with Gasteiger partial charge in [-0.2, -0.15) is 0 Å². The van der Waals surface area contributed by atoms with Gasteiger partial charge in [0.05, 0.1) is 10.0 Å². The molecular formula is C19H15Cl2O. The molecule has 1 N–H and O–H groups in total. The molecule has 1 nitrogen and oxygen atoms in total. The molecule has 0 heterocycles. The first-order chi connectivity index (χ1) is 10.6. The van der Waals surface area contributed by atoms with Crippen LogP contribution in [0.2, 0.25) is 10.0 Å². The van der Waals surface area contributed by atoms with Gasteiger partial charge in [-0.25, -0.2) is 0 Å². The normalized spacial score (nSPS) is 15.0. The Balaban J connectivity index is 2.04. The lowest BCUT2D eigenvalue weighted by atomic mass is 9.85. The van der Waals surface area contributed by atoms with Crippen LogP contribution in [0.15, 0.2) is 54.1 Å². The Morgan fingerprint density at radius 1 is 0.909 bits per heavy atom. The molecule has 0 aromatic heterocycles. The van der Waals surface area contributed by atoms with Gasteiger partial charge in [-0.1, -0.05) is 47.5 Å². The number of phenolic OH excluding ortho intramolecular Hbond substituents is 1. The molecule has 1 aliphatic carbocycles. The fraction of sp³-hybridized carbons (Fsp3) is 0.105. The molecule has 3 heteroatoms. The fourth-order valence-corrected chi connectivity index (χ4v) is 3.02. The molecule has 0 spiro atoms. The van der Waals surface area contributed by atoms with Crippen molar-refractivity contribution in [2.45, 2.75) is 13.3 Å². The predicted molar refractivity (Wildman–Crippen MR) is 94.1 cm³/mol. The van der Waals surface area contributed by atoms with E-state index in [0.717, 1.165) is 17.5 Å². The molecule has 111 valence electrons. The second-order valence-corrected chi connectivity index (χ2v) is 6.09. The Morgan fingerprint density at radius 3 is 2.27 bits per heavy atom. The molecule has 0 unspecified atom stereocenters. The van der Waals surface area contributed by atoms with E-state index in [1.165, 1.54) is 16.7 Å². The minimum atomic E-state index is 0.276. The molecule has 2 aromatic rings. The highest BCUT2D eigenvalue weighted by atomic mass is 35.5. The van der Waals surface area contributed by atoms with Gasteiger partial charge in [0.1, 0.15) is 5.75 Å². The third-order valence-electron chi connectivity index (χ3n) is 3.86. The third-order valence-corrected chi connectivity index (χ3v) is 4.60. The van der Waals surface area contributed by atoms with Crippen molar-refractivity contribution in [3.8, 4) is 5.75 Å². The standard InChI is InChI=1S/C19H15Cl2O/c1-12-16(13-5-8-15(22)9-6-13)3-2-4-17(12)14-7-10-18(20)19(21)11-14/h3-11,22H,2H2,1H3. The first kappa shape index (κ1) is 15.2. The summed E-state index contributed by atoms with van der Waals surface area (Å²) in [6, 6.07) is 13.0. The molecule has 1 radical (unpaired) electrons. The van der Waals surface area contributed by atoms with E-state index in [9.17, 15) is 5.11 Å². The zero-order valence-corrected chi connectivity index (χ0v) is 13.6. The van der Waals surface area contributed by atoms with Crippen LogP contribution in [0.3, 0.4) is 0 Å². The number of hydrogen-bond acceptors (Lipinski definition) is 1. The maximum absolute atomic E-state index is 9.44. The number of halogens is 2. The van der Waals surface area contributed by atoms with Gasteiger partial charge < -0.3 is 5.11 Å². The molecule has 2 aromatic carbocycles. The highest BCUT2D eigenvalue weighted by molar-refractivity contribution is 6.42. The minimum Gasteiger partial charge on any atom is -0.508 e.